The van der Waals surface area contributed by atoms with E-state index >= 15 is 0 Å². The molecule has 4 nitrogen and oxygen atoms in total. The fourth-order valence-electron chi connectivity index (χ4n) is 0.385. The fraction of sp³-hybridized carbons (Fsp3) is 0. The molecule has 0 aliphatic heterocycles. The summed E-state index contributed by atoms with van der Waals surface area (Å²) in [4.78, 5) is 17.9. The van der Waals surface area contributed by atoms with E-state index in [4.69, 9.17) is 19.8 Å². The molecule has 0 saturated heterocycles. The van der Waals surface area contributed by atoms with Crippen LogP contribution < -0.4 is 10.2 Å². The van der Waals surface area contributed by atoms with Crippen LogP contribution in [-0.2, 0) is 9.59 Å². The maximum absolute atomic E-state index is 8.93. The summed E-state index contributed by atoms with van der Waals surface area (Å²) in [7, 11) is 0. The number of rotatable bonds is 0. The normalized spacial score (nSPS) is 7.67. The Morgan fingerprint density at radius 3 is 0.917 bits per heavy atom. The summed E-state index contributed by atoms with van der Waals surface area (Å²) in [6.07, 6.45) is 0. The van der Waals surface area contributed by atoms with Crippen molar-refractivity contribution in [2.45, 2.75) is 0 Å². The molecule has 1 aromatic carbocycles. The molecule has 0 heterocycles. The van der Waals surface area contributed by atoms with Crippen molar-refractivity contribution in [3.8, 4) is 0 Å². The molecule has 0 N–H and O–H groups in total. The molecule has 0 aromatic heterocycles. The molecule has 0 bridgehead atoms. The maximum atomic E-state index is 8.93. The zero-order chi connectivity index (χ0) is 9.40. The van der Waals surface area contributed by atoms with Crippen LogP contribution in [0.3, 0.4) is 0 Å². The molecular weight excluding hydrogens is 160 g/mol. The number of benzene rings is 1. The second-order valence-corrected chi connectivity index (χ2v) is 1.73. The highest BCUT2D eigenvalue weighted by Crippen LogP contribution is 1.79. The van der Waals surface area contributed by atoms with E-state index < -0.39 is 11.9 Å². The summed E-state index contributed by atoms with van der Waals surface area (Å²) in [6.45, 7) is 0. The maximum Gasteiger partial charge on any atom is 0.0870 e. The van der Waals surface area contributed by atoms with Gasteiger partial charge < -0.3 is 19.8 Å². The predicted octanol–water partition coefficient (Wildman–Crippen LogP) is -1.83. The van der Waals surface area contributed by atoms with Crippen molar-refractivity contribution >= 4 is 11.9 Å². The van der Waals surface area contributed by atoms with E-state index in [1.165, 1.54) is 0 Å². The number of carboxylic acid groups (broad SMARTS) is 2. The monoisotopic (exact) mass is 166 g/mol. The molecule has 0 radical (unpaired) electrons. The van der Waals surface area contributed by atoms with E-state index in [9.17, 15) is 0 Å². The van der Waals surface area contributed by atoms with Crippen LogP contribution in [0.15, 0.2) is 36.4 Å². The third-order valence-electron chi connectivity index (χ3n) is 0.833. The van der Waals surface area contributed by atoms with Crippen LogP contribution in [-0.4, -0.2) is 11.9 Å². The Balaban J connectivity index is 0.000000202. The standard InChI is InChI=1S/C6H6.C2H2O4/c1-2-4-6-5-3-1;3-1(4)2(5)6/h1-6H;(H,3,4)(H,5,6)/p-2. The Morgan fingerprint density at radius 1 is 0.667 bits per heavy atom. The number of hydrogen-bond acceptors (Lipinski definition) is 4. The van der Waals surface area contributed by atoms with Gasteiger partial charge in [0.05, 0.1) is 11.9 Å². The SMILES string of the molecule is O=C([O-])C(=O)[O-].c1ccccc1. The molecule has 0 aliphatic rings. The summed E-state index contributed by atoms with van der Waals surface area (Å²) >= 11 is 0. The Kier molecular flexibility index (Phi) is 5.00. The van der Waals surface area contributed by atoms with E-state index in [2.05, 4.69) is 0 Å². The second kappa shape index (κ2) is 5.91. The van der Waals surface area contributed by atoms with Crippen molar-refractivity contribution in [2.75, 3.05) is 0 Å². The summed E-state index contributed by atoms with van der Waals surface area (Å²) in [5.74, 6) is -4.37. The molecule has 0 unspecified atom stereocenters. The quantitative estimate of drug-likeness (QED) is 0.425. The van der Waals surface area contributed by atoms with E-state index in [0.29, 0.717) is 0 Å². The van der Waals surface area contributed by atoms with Gasteiger partial charge in [-0.2, -0.15) is 0 Å². The molecule has 64 valence electrons. The summed E-state index contributed by atoms with van der Waals surface area (Å²) in [6, 6.07) is 12.0. The van der Waals surface area contributed by atoms with Crippen LogP contribution in [0.1, 0.15) is 0 Å². The van der Waals surface area contributed by atoms with Gasteiger partial charge >= 0.3 is 0 Å². The number of carboxylic acids is 2. The fourth-order valence-corrected chi connectivity index (χ4v) is 0.385. The first-order valence-corrected chi connectivity index (χ1v) is 3.07. The van der Waals surface area contributed by atoms with Crippen molar-refractivity contribution in [3.63, 3.8) is 0 Å². The van der Waals surface area contributed by atoms with Crippen LogP contribution in [0.2, 0.25) is 0 Å². The van der Waals surface area contributed by atoms with Crippen LogP contribution in [0.4, 0.5) is 0 Å². The lowest BCUT2D eigenvalue weighted by atomic mass is 10.4. The zero-order valence-corrected chi connectivity index (χ0v) is 6.10. The lowest BCUT2D eigenvalue weighted by Gasteiger charge is -1.97. The molecule has 0 fully saturated rings. The molecule has 0 aliphatic carbocycles. The highest BCUT2D eigenvalue weighted by atomic mass is 16.4. The van der Waals surface area contributed by atoms with Gasteiger partial charge in [-0.3, -0.25) is 0 Å². The van der Waals surface area contributed by atoms with Crippen LogP contribution >= 0.6 is 0 Å². The Bertz CT molecular complexity index is 204. The topological polar surface area (TPSA) is 80.3 Å². The summed E-state index contributed by atoms with van der Waals surface area (Å²) < 4.78 is 0. The molecule has 0 amide bonds. The van der Waals surface area contributed by atoms with Gasteiger partial charge in [0.15, 0.2) is 0 Å². The number of carbonyl (C=O) groups is 2. The van der Waals surface area contributed by atoms with Gasteiger partial charge in [0.2, 0.25) is 0 Å². The summed E-state index contributed by atoms with van der Waals surface area (Å²) in [5, 5.41) is 17.9. The number of carbonyl (C=O) groups excluding carboxylic acids is 2. The van der Waals surface area contributed by atoms with Gasteiger partial charge in [0.25, 0.3) is 0 Å². The molecular formula is C8H6O4-2. The largest absolute Gasteiger partial charge is 0.543 e. The summed E-state index contributed by atoms with van der Waals surface area (Å²) in [5.41, 5.74) is 0. The second-order valence-electron chi connectivity index (χ2n) is 1.73. The lowest BCUT2D eigenvalue weighted by molar-refractivity contribution is -0.345. The van der Waals surface area contributed by atoms with E-state index in [-0.39, 0.29) is 0 Å². The van der Waals surface area contributed by atoms with Gasteiger partial charge in [-0.1, -0.05) is 36.4 Å². The minimum absolute atomic E-state index is 2.00. The molecule has 1 aromatic rings. The molecule has 0 saturated carbocycles. The van der Waals surface area contributed by atoms with Gasteiger partial charge in [0, 0.05) is 0 Å². The third-order valence-corrected chi connectivity index (χ3v) is 0.833. The molecule has 12 heavy (non-hydrogen) atoms. The average Bonchev–Trinajstić information content (AvgIpc) is 2.08. The molecule has 0 atom stereocenters. The van der Waals surface area contributed by atoms with Gasteiger partial charge in [0.1, 0.15) is 0 Å². The lowest BCUT2D eigenvalue weighted by Crippen LogP contribution is -2.42. The third kappa shape index (κ3) is 6.28. The highest BCUT2D eigenvalue weighted by molar-refractivity contribution is 6.25. The van der Waals surface area contributed by atoms with Gasteiger partial charge in [-0.25, -0.2) is 0 Å². The van der Waals surface area contributed by atoms with Crippen LogP contribution in [0.25, 0.3) is 0 Å². The minimum Gasteiger partial charge on any atom is -0.543 e. The number of aliphatic carboxylic acids is 2. The zero-order valence-electron chi connectivity index (χ0n) is 6.10. The van der Waals surface area contributed by atoms with Gasteiger partial charge in [-0.05, 0) is 0 Å². The van der Waals surface area contributed by atoms with Crippen LogP contribution in [0, 0.1) is 0 Å². The minimum atomic E-state index is -2.19. The Morgan fingerprint density at radius 2 is 0.833 bits per heavy atom. The Hall–Kier alpha value is -1.84. The van der Waals surface area contributed by atoms with Crippen molar-refractivity contribution < 1.29 is 19.8 Å². The van der Waals surface area contributed by atoms with E-state index in [0.717, 1.165) is 0 Å². The average molecular weight is 166 g/mol. The predicted molar refractivity (Wildman–Crippen MR) is 36.5 cm³/mol. The van der Waals surface area contributed by atoms with Crippen molar-refractivity contribution in [3.05, 3.63) is 36.4 Å². The Labute approximate surface area is 69.1 Å². The molecule has 4 heteroatoms. The van der Waals surface area contributed by atoms with Crippen molar-refractivity contribution in [1.29, 1.82) is 0 Å². The first kappa shape index (κ1) is 10.2. The molecule has 0 spiro atoms. The molecule has 1 rings (SSSR count). The highest BCUT2D eigenvalue weighted by Gasteiger charge is 1.74. The first-order chi connectivity index (χ1) is 5.64. The first-order valence-electron chi connectivity index (χ1n) is 3.07. The van der Waals surface area contributed by atoms with Crippen molar-refractivity contribution in [2.24, 2.45) is 0 Å². The van der Waals surface area contributed by atoms with E-state index in [1.54, 1.807) is 0 Å². The van der Waals surface area contributed by atoms with Gasteiger partial charge in [-0.15, -0.1) is 0 Å². The number of hydrogen-bond donors (Lipinski definition) is 0. The van der Waals surface area contributed by atoms with E-state index in [1.807, 2.05) is 36.4 Å². The van der Waals surface area contributed by atoms with Crippen LogP contribution in [0.5, 0.6) is 0 Å². The smallest absolute Gasteiger partial charge is 0.0870 e. The van der Waals surface area contributed by atoms with Crippen molar-refractivity contribution in [1.82, 2.24) is 0 Å².